The van der Waals surface area contributed by atoms with Crippen LogP contribution in [0.2, 0.25) is 0 Å². The molecule has 0 saturated carbocycles. The first-order valence-corrected chi connectivity index (χ1v) is 9.57. The Morgan fingerprint density at radius 2 is 2.04 bits per heavy atom. The van der Waals surface area contributed by atoms with Crippen LogP contribution in [0, 0.1) is 0 Å². The number of aromatic nitrogens is 1. The van der Waals surface area contributed by atoms with Crippen molar-refractivity contribution in [2.45, 2.75) is 13.0 Å². The van der Waals surface area contributed by atoms with E-state index in [1.807, 2.05) is 41.3 Å². The largest absolute Gasteiger partial charge is 0.335 e. The van der Waals surface area contributed by atoms with Crippen molar-refractivity contribution in [1.82, 2.24) is 15.2 Å². The van der Waals surface area contributed by atoms with Gasteiger partial charge in [0.05, 0.1) is 9.58 Å². The van der Waals surface area contributed by atoms with E-state index in [4.69, 9.17) is 0 Å². The number of benzene rings is 1. The van der Waals surface area contributed by atoms with Crippen LogP contribution in [0.3, 0.4) is 0 Å². The molecule has 0 bridgehead atoms. The highest BCUT2D eigenvalue weighted by atomic mass is 35.5. The Morgan fingerprint density at radius 3 is 2.73 bits per heavy atom. The predicted molar refractivity (Wildman–Crippen MR) is 115 cm³/mol. The third kappa shape index (κ3) is 4.47. The summed E-state index contributed by atoms with van der Waals surface area (Å²) in [7, 11) is 0. The van der Waals surface area contributed by atoms with Crippen molar-refractivity contribution in [2.24, 2.45) is 0 Å². The Morgan fingerprint density at radius 1 is 1.27 bits per heavy atom. The molecule has 1 aliphatic rings. The van der Waals surface area contributed by atoms with Gasteiger partial charge in [0.15, 0.2) is 5.13 Å². The van der Waals surface area contributed by atoms with Crippen LogP contribution < -0.4 is 10.6 Å². The molecule has 140 valence electrons. The van der Waals surface area contributed by atoms with Crippen LogP contribution >= 0.6 is 47.5 Å². The molecule has 9 heteroatoms. The van der Waals surface area contributed by atoms with Crippen LogP contribution in [0.15, 0.2) is 36.4 Å². The maximum atomic E-state index is 12.7. The summed E-state index contributed by atoms with van der Waals surface area (Å²) in [5.74, 6) is 0.121. The van der Waals surface area contributed by atoms with E-state index >= 15 is 0 Å². The van der Waals surface area contributed by atoms with Gasteiger partial charge in [0.2, 0.25) is 0 Å². The minimum atomic E-state index is 0. The van der Waals surface area contributed by atoms with Crippen molar-refractivity contribution in [2.75, 3.05) is 25.0 Å². The fourth-order valence-corrected chi connectivity index (χ4v) is 4.92. The summed E-state index contributed by atoms with van der Waals surface area (Å²) in [6, 6.07) is 12.3. The summed E-state index contributed by atoms with van der Waals surface area (Å²) >= 11 is 3.06. The lowest BCUT2D eigenvalue weighted by Crippen LogP contribution is -2.51. The van der Waals surface area contributed by atoms with Crippen molar-refractivity contribution < 1.29 is 4.79 Å². The maximum Gasteiger partial charge on any atom is 0.264 e. The molecule has 1 aliphatic heterocycles. The number of hydrogen-bond acceptors (Lipinski definition) is 6. The number of para-hydroxylation sites is 1. The molecule has 0 radical (unpaired) electrons. The van der Waals surface area contributed by atoms with Gasteiger partial charge in [-0.2, -0.15) is 0 Å². The fourth-order valence-electron chi connectivity index (χ4n) is 2.81. The lowest BCUT2D eigenvalue weighted by atomic mass is 10.2. The maximum absolute atomic E-state index is 12.7. The second kappa shape index (κ2) is 9.01. The third-order valence-corrected chi connectivity index (χ3v) is 6.05. The smallest absolute Gasteiger partial charge is 0.264 e. The number of amides is 1. The number of hydrogen-bond donors (Lipinski definition) is 2. The summed E-state index contributed by atoms with van der Waals surface area (Å²) in [5, 5.41) is 7.53. The van der Waals surface area contributed by atoms with Gasteiger partial charge in [0.1, 0.15) is 4.83 Å². The van der Waals surface area contributed by atoms with Gasteiger partial charge in [0, 0.05) is 31.4 Å². The highest BCUT2D eigenvalue weighted by Gasteiger charge is 2.23. The molecule has 0 spiro atoms. The zero-order chi connectivity index (χ0) is 16.5. The van der Waals surface area contributed by atoms with Gasteiger partial charge < -0.3 is 15.5 Å². The van der Waals surface area contributed by atoms with Crippen LogP contribution in [0.25, 0.3) is 9.53 Å². The summed E-state index contributed by atoms with van der Waals surface area (Å²) < 4.78 is 1.06. The molecule has 3 heterocycles. The number of rotatable bonds is 3. The first-order chi connectivity index (χ1) is 11.7. The van der Waals surface area contributed by atoms with E-state index in [-0.39, 0.29) is 30.7 Å². The number of thiophene rings is 1. The van der Waals surface area contributed by atoms with E-state index in [2.05, 4.69) is 22.5 Å². The molecule has 1 aromatic carbocycles. The van der Waals surface area contributed by atoms with Gasteiger partial charge in [-0.25, -0.2) is 4.98 Å². The van der Waals surface area contributed by atoms with E-state index in [1.165, 1.54) is 11.3 Å². The number of nitrogens with zero attached hydrogens (tertiary/aromatic N) is 2. The first-order valence-electron chi connectivity index (χ1n) is 7.94. The Bertz CT molecular complexity index is 837. The summed E-state index contributed by atoms with van der Waals surface area (Å²) in [6.45, 7) is 4.49. The zero-order valence-corrected chi connectivity index (χ0v) is 17.4. The standard InChI is InChI=1S/C17H18N4OS2.2ClH/c1-11-10-21(8-7-18-11)16(22)14-9-13-15(23-14)20-17(24-13)19-12-5-3-2-4-6-12;;/h2-6,9,11,18H,7-8,10H2,1H3,(H,19,20);2*1H. The number of halogens is 2. The zero-order valence-electron chi connectivity index (χ0n) is 14.1. The number of nitrogens with one attached hydrogen (secondary N) is 2. The average molecular weight is 431 g/mol. The lowest BCUT2D eigenvalue weighted by Gasteiger charge is -2.31. The molecule has 1 amide bonds. The summed E-state index contributed by atoms with van der Waals surface area (Å²) in [6.07, 6.45) is 0. The Balaban J connectivity index is 0.00000121. The highest BCUT2D eigenvalue weighted by Crippen LogP contribution is 2.34. The Kier molecular flexibility index (Phi) is 7.25. The molecule has 1 fully saturated rings. The van der Waals surface area contributed by atoms with Gasteiger partial charge in [0.25, 0.3) is 5.91 Å². The highest BCUT2D eigenvalue weighted by molar-refractivity contribution is 7.29. The van der Waals surface area contributed by atoms with Gasteiger partial charge in [-0.15, -0.1) is 36.2 Å². The minimum absolute atomic E-state index is 0. The lowest BCUT2D eigenvalue weighted by molar-refractivity contribution is 0.0714. The van der Waals surface area contributed by atoms with Crippen LogP contribution in [-0.2, 0) is 0 Å². The van der Waals surface area contributed by atoms with E-state index < -0.39 is 0 Å². The second-order valence-electron chi connectivity index (χ2n) is 5.90. The van der Waals surface area contributed by atoms with Crippen molar-refractivity contribution in [3.05, 3.63) is 41.3 Å². The fraction of sp³-hybridized carbons (Fsp3) is 0.294. The molecule has 5 nitrogen and oxygen atoms in total. The Labute approximate surface area is 172 Å². The summed E-state index contributed by atoms with van der Waals surface area (Å²) in [4.78, 5) is 20.9. The number of fused-ring (bicyclic) bond motifs is 1. The topological polar surface area (TPSA) is 57.3 Å². The van der Waals surface area contributed by atoms with Gasteiger partial charge >= 0.3 is 0 Å². The van der Waals surface area contributed by atoms with E-state index in [0.717, 1.165) is 44.9 Å². The minimum Gasteiger partial charge on any atom is -0.335 e. The molecule has 1 saturated heterocycles. The molecule has 2 aromatic heterocycles. The third-order valence-electron chi connectivity index (χ3n) is 3.98. The van der Waals surface area contributed by atoms with Crippen molar-refractivity contribution in [3.63, 3.8) is 0 Å². The molecule has 3 aromatic rings. The number of carbonyl (C=O) groups excluding carboxylic acids is 1. The SMILES string of the molecule is CC1CN(C(=O)c2cc3sc(Nc4ccccc4)nc3s2)CCN1.Cl.Cl. The molecular formula is C17H20Cl2N4OS2. The number of thiazole rings is 1. The van der Waals surface area contributed by atoms with Crippen molar-refractivity contribution >= 4 is 73.7 Å². The first kappa shape index (κ1) is 20.9. The van der Waals surface area contributed by atoms with Gasteiger partial charge in [-0.05, 0) is 25.1 Å². The normalized spacial score (nSPS) is 16.7. The van der Waals surface area contributed by atoms with Crippen LogP contribution in [0.5, 0.6) is 0 Å². The van der Waals surface area contributed by atoms with Crippen LogP contribution in [0.1, 0.15) is 16.6 Å². The van der Waals surface area contributed by atoms with Crippen LogP contribution in [-0.4, -0.2) is 41.5 Å². The molecular weight excluding hydrogens is 411 g/mol. The quantitative estimate of drug-likeness (QED) is 0.646. The Hall–Kier alpha value is -1.38. The van der Waals surface area contributed by atoms with E-state index in [0.29, 0.717) is 6.04 Å². The average Bonchev–Trinajstić information content (AvgIpc) is 3.13. The van der Waals surface area contributed by atoms with E-state index in [9.17, 15) is 4.79 Å². The monoisotopic (exact) mass is 430 g/mol. The molecule has 1 atom stereocenters. The predicted octanol–water partition coefficient (Wildman–Crippen LogP) is 4.38. The summed E-state index contributed by atoms with van der Waals surface area (Å²) in [5.41, 5.74) is 1.02. The van der Waals surface area contributed by atoms with Crippen molar-refractivity contribution in [1.29, 1.82) is 0 Å². The molecule has 26 heavy (non-hydrogen) atoms. The molecule has 0 aliphatic carbocycles. The molecule has 1 unspecified atom stereocenters. The van der Waals surface area contributed by atoms with Crippen molar-refractivity contribution in [3.8, 4) is 0 Å². The molecule has 4 rings (SSSR count). The van der Waals surface area contributed by atoms with Crippen LogP contribution in [0.4, 0.5) is 10.8 Å². The van der Waals surface area contributed by atoms with E-state index in [1.54, 1.807) is 11.3 Å². The second-order valence-corrected chi connectivity index (χ2v) is 7.96. The number of carbonyl (C=O) groups is 1. The molecule has 2 N–H and O–H groups in total. The number of anilines is 2. The van der Waals surface area contributed by atoms with Gasteiger partial charge in [-0.1, -0.05) is 29.5 Å². The number of piperazine rings is 1. The van der Waals surface area contributed by atoms with Gasteiger partial charge in [-0.3, -0.25) is 4.79 Å².